The molecule has 0 spiro atoms. The molecule has 1 unspecified atom stereocenters. The number of hydrogen-bond acceptors (Lipinski definition) is 2. The van der Waals surface area contributed by atoms with Gasteiger partial charge in [0.1, 0.15) is 17.7 Å². The highest BCUT2D eigenvalue weighted by Gasteiger charge is 2.26. The van der Waals surface area contributed by atoms with E-state index in [0.29, 0.717) is 0 Å². The summed E-state index contributed by atoms with van der Waals surface area (Å²) in [4.78, 5) is 11.2. The van der Waals surface area contributed by atoms with E-state index in [1.165, 1.54) is 0 Å². The molecule has 2 N–H and O–H groups in total. The van der Waals surface area contributed by atoms with Gasteiger partial charge in [0.05, 0.1) is 0 Å². The zero-order chi connectivity index (χ0) is 13.1. The van der Waals surface area contributed by atoms with Gasteiger partial charge in [-0.25, -0.2) is 8.78 Å². The van der Waals surface area contributed by atoms with Crippen molar-refractivity contribution in [1.82, 2.24) is 5.32 Å². The van der Waals surface area contributed by atoms with Gasteiger partial charge in [0.15, 0.2) is 0 Å². The number of carbonyl (C=O) groups is 1. The zero-order valence-electron chi connectivity index (χ0n) is 9.83. The average Bonchev–Trinajstić information content (AvgIpc) is 2.76. The summed E-state index contributed by atoms with van der Waals surface area (Å²) in [6, 6.07) is 1.90. The van der Waals surface area contributed by atoms with Gasteiger partial charge in [-0.05, 0) is 30.5 Å². The Morgan fingerprint density at radius 3 is 2.28 bits per heavy atom. The minimum absolute atomic E-state index is 0.109. The van der Waals surface area contributed by atoms with Crippen LogP contribution in [-0.4, -0.2) is 17.1 Å². The summed E-state index contributed by atoms with van der Waals surface area (Å²) in [6.45, 7) is 0. The molecule has 98 valence electrons. The van der Waals surface area contributed by atoms with Crippen LogP contribution in [0.4, 0.5) is 8.78 Å². The number of nitrogens with one attached hydrogen (secondary N) is 1. The number of carboxylic acid groups (broad SMARTS) is 1. The van der Waals surface area contributed by atoms with Crippen LogP contribution in [0.2, 0.25) is 0 Å². The number of hydrogen-bond donors (Lipinski definition) is 2. The maximum atomic E-state index is 13.1. The molecule has 1 aromatic carbocycles. The molecule has 2 rings (SSSR count). The second kappa shape index (κ2) is 5.44. The van der Waals surface area contributed by atoms with Crippen LogP contribution >= 0.6 is 0 Å². The molecule has 0 bridgehead atoms. The minimum atomic E-state index is -1.12. The Bertz CT molecular complexity index is 424. The fraction of sp³-hybridized carbons (Fsp3) is 0.462. The zero-order valence-corrected chi connectivity index (χ0v) is 9.83. The molecule has 1 fully saturated rings. The van der Waals surface area contributed by atoms with Crippen molar-refractivity contribution in [2.24, 2.45) is 0 Å². The normalized spacial score (nSPS) is 17.9. The third-order valence-electron chi connectivity index (χ3n) is 3.22. The Balaban J connectivity index is 2.20. The number of aliphatic carboxylic acids is 1. The van der Waals surface area contributed by atoms with E-state index < -0.39 is 23.6 Å². The summed E-state index contributed by atoms with van der Waals surface area (Å²) < 4.78 is 26.2. The fourth-order valence-corrected chi connectivity index (χ4v) is 2.38. The quantitative estimate of drug-likeness (QED) is 0.869. The smallest absolute Gasteiger partial charge is 0.325 e. The second-order valence-electron chi connectivity index (χ2n) is 4.62. The molecule has 1 atom stereocenters. The van der Waals surface area contributed by atoms with Crippen LogP contribution in [0, 0.1) is 11.6 Å². The van der Waals surface area contributed by atoms with Gasteiger partial charge in [0.2, 0.25) is 0 Å². The Hall–Kier alpha value is -1.49. The van der Waals surface area contributed by atoms with Crippen molar-refractivity contribution < 1.29 is 18.7 Å². The molecule has 0 aromatic heterocycles. The van der Waals surface area contributed by atoms with Crippen molar-refractivity contribution in [2.45, 2.75) is 37.8 Å². The van der Waals surface area contributed by atoms with Crippen LogP contribution in [0.25, 0.3) is 0 Å². The number of halogens is 2. The van der Waals surface area contributed by atoms with Gasteiger partial charge in [0.25, 0.3) is 0 Å². The van der Waals surface area contributed by atoms with Crippen LogP contribution in [0.3, 0.4) is 0 Å². The molecule has 1 saturated carbocycles. The molecule has 0 heterocycles. The first kappa shape index (κ1) is 13.0. The molecule has 3 nitrogen and oxygen atoms in total. The summed E-state index contributed by atoms with van der Waals surface area (Å²) in [7, 11) is 0. The molecule has 0 aliphatic heterocycles. The SMILES string of the molecule is O=C(O)C(NC1CCCC1)c1cc(F)cc(F)c1. The summed E-state index contributed by atoms with van der Waals surface area (Å²) in [5, 5.41) is 12.1. The van der Waals surface area contributed by atoms with E-state index in [-0.39, 0.29) is 11.6 Å². The molecule has 1 aromatic rings. The Kier molecular flexibility index (Phi) is 3.91. The first-order valence-electron chi connectivity index (χ1n) is 6.01. The van der Waals surface area contributed by atoms with Crippen molar-refractivity contribution in [3.63, 3.8) is 0 Å². The Morgan fingerprint density at radius 1 is 1.22 bits per heavy atom. The molecular formula is C13H15F2NO2. The molecule has 18 heavy (non-hydrogen) atoms. The van der Waals surface area contributed by atoms with Gasteiger partial charge in [-0.2, -0.15) is 0 Å². The highest BCUT2D eigenvalue weighted by molar-refractivity contribution is 5.75. The van der Waals surface area contributed by atoms with Crippen molar-refractivity contribution in [1.29, 1.82) is 0 Å². The molecular weight excluding hydrogens is 240 g/mol. The molecule has 1 aliphatic carbocycles. The molecule has 0 amide bonds. The molecule has 1 aliphatic rings. The van der Waals surface area contributed by atoms with Gasteiger partial charge in [-0.15, -0.1) is 0 Å². The van der Waals surface area contributed by atoms with Crippen molar-refractivity contribution in [2.75, 3.05) is 0 Å². The van der Waals surface area contributed by atoms with Gasteiger partial charge < -0.3 is 5.11 Å². The molecule has 5 heteroatoms. The monoisotopic (exact) mass is 255 g/mol. The first-order chi connectivity index (χ1) is 8.56. The lowest BCUT2D eigenvalue weighted by Crippen LogP contribution is -2.35. The predicted molar refractivity (Wildman–Crippen MR) is 62.1 cm³/mol. The number of benzene rings is 1. The maximum absolute atomic E-state index is 13.1. The predicted octanol–water partition coefficient (Wildman–Crippen LogP) is 2.62. The lowest BCUT2D eigenvalue weighted by Gasteiger charge is -2.19. The standard InChI is InChI=1S/C13H15F2NO2/c14-9-5-8(6-10(15)7-9)12(13(17)18)16-11-3-1-2-4-11/h5-7,11-12,16H,1-4H2,(H,17,18). The molecule has 0 radical (unpaired) electrons. The van der Waals surface area contributed by atoms with E-state index in [0.717, 1.165) is 43.9 Å². The van der Waals surface area contributed by atoms with Crippen LogP contribution < -0.4 is 5.32 Å². The highest BCUT2D eigenvalue weighted by atomic mass is 19.1. The molecule has 0 saturated heterocycles. The number of rotatable bonds is 4. The Labute approximate surface area is 104 Å². The topological polar surface area (TPSA) is 49.3 Å². The third-order valence-corrected chi connectivity index (χ3v) is 3.22. The summed E-state index contributed by atoms with van der Waals surface area (Å²) in [6.07, 6.45) is 3.92. The van der Waals surface area contributed by atoms with Crippen molar-refractivity contribution in [3.8, 4) is 0 Å². The fourth-order valence-electron chi connectivity index (χ4n) is 2.38. The van der Waals surface area contributed by atoms with Gasteiger partial charge in [0, 0.05) is 12.1 Å². The van der Waals surface area contributed by atoms with Crippen LogP contribution in [0.15, 0.2) is 18.2 Å². The largest absolute Gasteiger partial charge is 0.480 e. The van der Waals surface area contributed by atoms with Crippen molar-refractivity contribution >= 4 is 5.97 Å². The van der Waals surface area contributed by atoms with Crippen LogP contribution in [0.5, 0.6) is 0 Å². The lowest BCUT2D eigenvalue weighted by molar-refractivity contribution is -0.139. The Morgan fingerprint density at radius 2 is 1.78 bits per heavy atom. The summed E-state index contributed by atoms with van der Waals surface area (Å²) in [5.41, 5.74) is 0.118. The van der Waals surface area contributed by atoms with Gasteiger partial charge in [-0.1, -0.05) is 12.8 Å². The second-order valence-corrected chi connectivity index (χ2v) is 4.62. The summed E-state index contributed by atoms with van der Waals surface area (Å²) >= 11 is 0. The average molecular weight is 255 g/mol. The van der Waals surface area contributed by atoms with E-state index >= 15 is 0 Å². The van der Waals surface area contributed by atoms with Crippen LogP contribution in [0.1, 0.15) is 37.3 Å². The van der Waals surface area contributed by atoms with Gasteiger partial charge >= 0.3 is 5.97 Å². The van der Waals surface area contributed by atoms with Crippen LogP contribution in [-0.2, 0) is 4.79 Å². The van der Waals surface area contributed by atoms with E-state index in [1.807, 2.05) is 0 Å². The summed E-state index contributed by atoms with van der Waals surface area (Å²) in [5.74, 6) is -2.64. The highest BCUT2D eigenvalue weighted by Crippen LogP contribution is 2.23. The van der Waals surface area contributed by atoms with E-state index in [9.17, 15) is 13.6 Å². The third kappa shape index (κ3) is 3.04. The van der Waals surface area contributed by atoms with E-state index in [4.69, 9.17) is 5.11 Å². The van der Waals surface area contributed by atoms with E-state index in [1.54, 1.807) is 0 Å². The van der Waals surface area contributed by atoms with Gasteiger partial charge in [-0.3, -0.25) is 10.1 Å². The lowest BCUT2D eigenvalue weighted by atomic mass is 10.0. The minimum Gasteiger partial charge on any atom is -0.480 e. The first-order valence-corrected chi connectivity index (χ1v) is 6.01. The number of carboxylic acids is 1. The maximum Gasteiger partial charge on any atom is 0.325 e. The van der Waals surface area contributed by atoms with Crippen molar-refractivity contribution in [3.05, 3.63) is 35.4 Å². The van der Waals surface area contributed by atoms with E-state index in [2.05, 4.69) is 5.32 Å².